The van der Waals surface area contributed by atoms with E-state index in [1.807, 2.05) is 0 Å². The van der Waals surface area contributed by atoms with Gasteiger partial charge in [0.15, 0.2) is 0 Å². The molecule has 26 heavy (non-hydrogen) atoms. The van der Waals surface area contributed by atoms with Crippen molar-refractivity contribution in [1.29, 1.82) is 0 Å². The molecule has 1 saturated heterocycles. The van der Waals surface area contributed by atoms with Crippen LogP contribution >= 0.6 is 0 Å². The van der Waals surface area contributed by atoms with Crippen molar-refractivity contribution >= 4 is 10.1 Å². The molecule has 0 radical (unpaired) electrons. The van der Waals surface area contributed by atoms with Gasteiger partial charge in [-0.3, -0.25) is 0 Å². The Morgan fingerprint density at radius 3 is 2.81 bits per heavy atom. The fourth-order valence-electron chi connectivity index (χ4n) is 3.67. The molecule has 1 N–H and O–H groups in total. The maximum atomic E-state index is 13.0. The first-order valence-electron chi connectivity index (χ1n) is 8.54. The lowest BCUT2D eigenvalue weighted by Gasteiger charge is -2.35. The number of piperidine rings is 1. The van der Waals surface area contributed by atoms with Crippen LogP contribution in [-0.4, -0.2) is 27.6 Å². The van der Waals surface area contributed by atoms with E-state index in [-0.39, 0.29) is 23.0 Å². The highest BCUT2D eigenvalue weighted by Gasteiger charge is 2.46. The van der Waals surface area contributed by atoms with Crippen LogP contribution in [-0.2, 0) is 21.3 Å². The number of hydrogen-bond donors (Lipinski definition) is 1. The molecule has 2 aromatic rings. The minimum atomic E-state index is -3.84. The molecule has 2 aliphatic heterocycles. The number of fused-ring (bicyclic) bond motifs is 3. The zero-order valence-electron chi connectivity index (χ0n) is 14.4. The molecule has 0 amide bonds. The topological polar surface area (TPSA) is 64.6 Å². The normalized spacial score (nSPS) is 24.5. The van der Waals surface area contributed by atoms with Crippen LogP contribution in [0.25, 0.3) is 0 Å². The lowest BCUT2D eigenvalue weighted by atomic mass is 9.74. The van der Waals surface area contributed by atoms with Gasteiger partial charge in [0, 0.05) is 17.5 Å². The molecule has 0 bridgehead atoms. The van der Waals surface area contributed by atoms with Crippen LogP contribution in [0.1, 0.15) is 24.5 Å². The van der Waals surface area contributed by atoms with Crippen molar-refractivity contribution in [2.75, 3.05) is 13.1 Å². The molecule has 0 aromatic heterocycles. The highest BCUT2D eigenvalue weighted by atomic mass is 32.2. The number of benzene rings is 2. The summed E-state index contributed by atoms with van der Waals surface area (Å²) in [5, 5.41) is 3.32. The quantitative estimate of drug-likeness (QED) is 0.830. The first-order chi connectivity index (χ1) is 12.4. The van der Waals surface area contributed by atoms with Crippen molar-refractivity contribution in [3.63, 3.8) is 0 Å². The second-order valence-electron chi connectivity index (χ2n) is 7.05. The van der Waals surface area contributed by atoms with Gasteiger partial charge < -0.3 is 14.2 Å². The first-order valence-corrected chi connectivity index (χ1v) is 10.1. The summed E-state index contributed by atoms with van der Waals surface area (Å²) in [6.07, 6.45) is 0.952. The standard InChI is InChI=1S/C19H20FNO4S/c1-19-8-9-21-11-18(19)24-17-7-6-15(10-16(17)19)25-26(22,23)12-13-2-4-14(20)5-3-13/h2-7,10,18,21H,8-9,11-12H2,1H3. The Kier molecular flexibility index (Phi) is 4.16. The first kappa shape index (κ1) is 17.3. The molecule has 2 atom stereocenters. The van der Waals surface area contributed by atoms with Gasteiger partial charge in [-0.05, 0) is 48.9 Å². The number of rotatable bonds is 4. The summed E-state index contributed by atoms with van der Waals surface area (Å²) < 4.78 is 49.0. The molecule has 2 aromatic carbocycles. The molecule has 0 saturated carbocycles. The zero-order valence-corrected chi connectivity index (χ0v) is 15.2. The maximum Gasteiger partial charge on any atom is 0.313 e. The van der Waals surface area contributed by atoms with Crippen LogP contribution in [0.2, 0.25) is 0 Å². The van der Waals surface area contributed by atoms with E-state index in [9.17, 15) is 12.8 Å². The Bertz CT molecular complexity index is 929. The minimum Gasteiger partial charge on any atom is -0.488 e. The summed E-state index contributed by atoms with van der Waals surface area (Å²) in [4.78, 5) is 0. The average Bonchev–Trinajstić information content (AvgIpc) is 2.89. The fourth-order valence-corrected chi connectivity index (χ4v) is 4.73. The van der Waals surface area contributed by atoms with Gasteiger partial charge in [-0.2, -0.15) is 8.42 Å². The van der Waals surface area contributed by atoms with Crippen molar-refractivity contribution in [2.24, 2.45) is 0 Å². The van der Waals surface area contributed by atoms with Crippen LogP contribution in [0.3, 0.4) is 0 Å². The molecule has 5 nitrogen and oxygen atoms in total. The van der Waals surface area contributed by atoms with Crippen LogP contribution in [0.4, 0.5) is 4.39 Å². The average molecular weight is 377 g/mol. The highest BCUT2D eigenvalue weighted by molar-refractivity contribution is 7.86. The summed E-state index contributed by atoms with van der Waals surface area (Å²) in [6, 6.07) is 10.5. The third kappa shape index (κ3) is 3.17. The highest BCUT2D eigenvalue weighted by Crippen LogP contribution is 2.47. The van der Waals surface area contributed by atoms with Gasteiger partial charge in [-0.15, -0.1) is 0 Å². The second-order valence-corrected chi connectivity index (χ2v) is 8.62. The van der Waals surface area contributed by atoms with Crippen molar-refractivity contribution in [2.45, 2.75) is 30.6 Å². The summed E-state index contributed by atoms with van der Waals surface area (Å²) >= 11 is 0. The van der Waals surface area contributed by atoms with Gasteiger partial charge >= 0.3 is 10.1 Å². The molecule has 2 heterocycles. The number of ether oxygens (including phenoxy) is 1. The van der Waals surface area contributed by atoms with Gasteiger partial charge in [0.05, 0.1) is 0 Å². The van der Waals surface area contributed by atoms with E-state index in [0.29, 0.717) is 5.56 Å². The second kappa shape index (κ2) is 6.25. The van der Waals surface area contributed by atoms with E-state index < -0.39 is 15.9 Å². The molecular formula is C19H20FNO4S. The van der Waals surface area contributed by atoms with Gasteiger partial charge in [-0.25, -0.2) is 4.39 Å². The number of halogens is 1. The van der Waals surface area contributed by atoms with Crippen LogP contribution in [0, 0.1) is 5.82 Å². The van der Waals surface area contributed by atoms with Crippen LogP contribution in [0.15, 0.2) is 42.5 Å². The van der Waals surface area contributed by atoms with Gasteiger partial charge in [-0.1, -0.05) is 19.1 Å². The molecule has 138 valence electrons. The Labute approximate surface area is 152 Å². The number of nitrogens with one attached hydrogen (secondary N) is 1. The van der Waals surface area contributed by atoms with Gasteiger partial charge in [0.2, 0.25) is 0 Å². The summed E-state index contributed by atoms with van der Waals surface area (Å²) in [7, 11) is -3.84. The van der Waals surface area contributed by atoms with Crippen molar-refractivity contribution in [1.82, 2.24) is 5.32 Å². The molecule has 2 unspecified atom stereocenters. The largest absolute Gasteiger partial charge is 0.488 e. The Balaban J connectivity index is 1.56. The Morgan fingerprint density at radius 2 is 2.04 bits per heavy atom. The van der Waals surface area contributed by atoms with E-state index in [0.717, 1.165) is 30.8 Å². The molecule has 2 aliphatic rings. The monoisotopic (exact) mass is 377 g/mol. The number of hydrogen-bond acceptors (Lipinski definition) is 5. The third-order valence-corrected chi connectivity index (χ3v) is 6.31. The maximum absolute atomic E-state index is 13.0. The molecule has 7 heteroatoms. The summed E-state index contributed by atoms with van der Waals surface area (Å²) in [6.45, 7) is 3.80. The molecule has 1 fully saturated rings. The minimum absolute atomic E-state index is 0.0392. The van der Waals surface area contributed by atoms with E-state index >= 15 is 0 Å². The molecule has 0 spiro atoms. The van der Waals surface area contributed by atoms with Crippen molar-refractivity contribution in [3.05, 3.63) is 59.4 Å². The smallest absolute Gasteiger partial charge is 0.313 e. The van der Waals surface area contributed by atoms with Crippen LogP contribution < -0.4 is 14.2 Å². The van der Waals surface area contributed by atoms with Crippen molar-refractivity contribution in [3.8, 4) is 11.5 Å². The predicted octanol–water partition coefficient (Wildman–Crippen LogP) is 2.75. The summed E-state index contributed by atoms with van der Waals surface area (Å²) in [5.41, 5.74) is 1.31. The predicted molar refractivity (Wildman–Crippen MR) is 95.3 cm³/mol. The molecule has 0 aliphatic carbocycles. The van der Waals surface area contributed by atoms with Gasteiger partial charge in [0.25, 0.3) is 0 Å². The summed E-state index contributed by atoms with van der Waals surface area (Å²) in [5.74, 6) is 0.333. The molecular weight excluding hydrogens is 357 g/mol. The van der Waals surface area contributed by atoms with Gasteiger partial charge in [0.1, 0.15) is 29.2 Å². The van der Waals surface area contributed by atoms with E-state index in [1.165, 1.54) is 24.3 Å². The van der Waals surface area contributed by atoms with Crippen molar-refractivity contribution < 1.29 is 21.7 Å². The third-order valence-electron chi connectivity index (χ3n) is 5.18. The SMILES string of the molecule is CC12CCNCC1Oc1ccc(OS(=O)(=O)Cc3ccc(F)cc3)cc12. The Morgan fingerprint density at radius 1 is 1.27 bits per heavy atom. The zero-order chi connectivity index (χ0) is 18.4. The van der Waals surface area contributed by atoms with E-state index in [2.05, 4.69) is 12.2 Å². The molecule has 4 rings (SSSR count). The van der Waals surface area contributed by atoms with Crippen LogP contribution in [0.5, 0.6) is 11.5 Å². The Hall–Kier alpha value is -2.12. The van der Waals surface area contributed by atoms with E-state index in [1.54, 1.807) is 18.2 Å². The lowest BCUT2D eigenvalue weighted by molar-refractivity contribution is 0.124. The van der Waals surface area contributed by atoms with E-state index in [4.69, 9.17) is 8.92 Å². The lowest BCUT2D eigenvalue weighted by Crippen LogP contribution is -2.49. The fraction of sp³-hybridized carbons (Fsp3) is 0.368.